The number of hydrogen-bond acceptors (Lipinski definition) is 5. The first kappa shape index (κ1) is 32.6. The number of benzene rings is 3. The molecule has 12 heteroatoms. The predicted octanol–water partition coefficient (Wildman–Crippen LogP) is 5.36. The van der Waals surface area contributed by atoms with E-state index >= 15 is 0 Å². The molecule has 1 unspecified atom stereocenters. The third-order valence-electron chi connectivity index (χ3n) is 7.64. The Labute approximate surface area is 248 Å². The molecule has 43 heavy (non-hydrogen) atoms. The molecule has 0 bridgehead atoms. The number of sulfonamides is 1. The molecule has 0 amide bonds. The minimum atomic E-state index is -4.95. The molecule has 1 aliphatic rings. The van der Waals surface area contributed by atoms with E-state index in [-0.39, 0.29) is 23.2 Å². The van der Waals surface area contributed by atoms with Crippen LogP contribution in [0.15, 0.2) is 65.6 Å². The molecule has 1 aliphatic carbocycles. The molecule has 0 spiro atoms. The molecule has 0 aliphatic heterocycles. The number of aromatic carboxylic acids is 1. The first-order valence-electron chi connectivity index (χ1n) is 13.7. The number of halogens is 4. The van der Waals surface area contributed by atoms with Crippen molar-refractivity contribution in [3.63, 3.8) is 0 Å². The van der Waals surface area contributed by atoms with Gasteiger partial charge in [-0.15, -0.1) is 0 Å². The number of carboxylic acid groups (broad SMARTS) is 1. The number of carboxylic acids is 1. The van der Waals surface area contributed by atoms with Gasteiger partial charge in [-0.2, -0.15) is 17.5 Å². The van der Waals surface area contributed by atoms with Crippen LogP contribution >= 0.6 is 0 Å². The fourth-order valence-corrected chi connectivity index (χ4v) is 6.86. The maximum Gasteiger partial charge on any atom is 0.416 e. The summed E-state index contributed by atoms with van der Waals surface area (Å²) < 4.78 is 82.9. The van der Waals surface area contributed by atoms with Crippen LogP contribution in [0.2, 0.25) is 0 Å². The summed E-state index contributed by atoms with van der Waals surface area (Å²) in [6, 6.07) is 12.8. The molecule has 0 saturated heterocycles. The van der Waals surface area contributed by atoms with Crippen LogP contribution in [-0.2, 0) is 29.0 Å². The quantitative estimate of drug-likeness (QED) is 0.249. The highest BCUT2D eigenvalue weighted by molar-refractivity contribution is 7.89. The second kappa shape index (κ2) is 12.4. The van der Waals surface area contributed by atoms with Gasteiger partial charge in [-0.3, -0.25) is 0 Å². The number of aliphatic hydroxyl groups is 1. The van der Waals surface area contributed by atoms with Crippen molar-refractivity contribution in [3.8, 4) is 11.1 Å². The summed E-state index contributed by atoms with van der Waals surface area (Å²) in [7, 11) is -3.41. The number of nitrogens with one attached hydrogen (secondary N) is 1. The summed E-state index contributed by atoms with van der Waals surface area (Å²) in [5.74, 6) is -2.09. The first-order chi connectivity index (χ1) is 19.9. The Morgan fingerprint density at radius 1 is 1.02 bits per heavy atom. The van der Waals surface area contributed by atoms with Gasteiger partial charge in [-0.25, -0.2) is 17.6 Å². The number of rotatable bonds is 11. The van der Waals surface area contributed by atoms with Crippen molar-refractivity contribution in [2.24, 2.45) is 5.92 Å². The smallest absolute Gasteiger partial charge is 0.416 e. The van der Waals surface area contributed by atoms with Crippen molar-refractivity contribution in [3.05, 3.63) is 88.7 Å². The number of hydrogen-bond donors (Lipinski definition) is 3. The van der Waals surface area contributed by atoms with E-state index in [1.165, 1.54) is 11.1 Å². The molecule has 0 heterocycles. The molecule has 4 rings (SSSR count). The van der Waals surface area contributed by atoms with Crippen LogP contribution in [0.1, 0.15) is 47.3 Å². The Morgan fingerprint density at radius 2 is 1.63 bits per heavy atom. The van der Waals surface area contributed by atoms with E-state index in [1.54, 1.807) is 0 Å². The molecule has 232 valence electrons. The van der Waals surface area contributed by atoms with E-state index in [4.69, 9.17) is 0 Å². The van der Waals surface area contributed by atoms with Crippen molar-refractivity contribution in [2.75, 3.05) is 20.1 Å². The van der Waals surface area contributed by atoms with Gasteiger partial charge in [0.25, 0.3) is 0 Å². The van der Waals surface area contributed by atoms with Crippen molar-refractivity contribution in [1.82, 2.24) is 9.62 Å². The zero-order chi connectivity index (χ0) is 31.7. The molecule has 0 saturated carbocycles. The van der Waals surface area contributed by atoms with Gasteiger partial charge in [0.2, 0.25) is 10.0 Å². The fraction of sp³-hybridized carbons (Fsp3) is 0.387. The number of carbonyl (C=O) groups is 1. The fourth-order valence-electron chi connectivity index (χ4n) is 5.58. The second-order valence-electron chi connectivity index (χ2n) is 11.7. The number of β-amino-alcohol motifs (C(OH)–C–C–N with tert-alkyl or cyclic N) is 1. The summed E-state index contributed by atoms with van der Waals surface area (Å²) in [6.07, 6.45) is -3.39. The normalized spacial score (nSPS) is 15.1. The molecule has 0 radical (unpaired) electrons. The number of nitrogens with zero attached hydrogens (tertiary/aromatic N) is 1. The van der Waals surface area contributed by atoms with Gasteiger partial charge < -0.3 is 15.5 Å². The molecule has 3 aromatic rings. The summed E-state index contributed by atoms with van der Waals surface area (Å²) >= 11 is 0. The highest BCUT2D eigenvalue weighted by Crippen LogP contribution is 2.36. The van der Waals surface area contributed by atoms with E-state index in [9.17, 15) is 41.0 Å². The van der Waals surface area contributed by atoms with Crippen molar-refractivity contribution >= 4 is 16.0 Å². The second-order valence-corrected chi connectivity index (χ2v) is 13.8. The Bertz CT molecular complexity index is 1580. The summed E-state index contributed by atoms with van der Waals surface area (Å²) in [5.41, 5.74) is -0.108. The Balaban J connectivity index is 1.48. The largest absolute Gasteiger partial charge is 0.478 e. The van der Waals surface area contributed by atoms with Gasteiger partial charge in [-0.05, 0) is 97.7 Å². The lowest BCUT2D eigenvalue weighted by Crippen LogP contribution is -2.47. The molecular weight excluding hydrogens is 588 g/mol. The number of alkyl halides is 3. The molecular formula is C31H34F4N2O5S. The monoisotopic (exact) mass is 622 g/mol. The van der Waals surface area contributed by atoms with Crippen LogP contribution in [-0.4, -0.2) is 60.7 Å². The highest BCUT2D eigenvalue weighted by Gasteiger charge is 2.34. The Morgan fingerprint density at radius 3 is 2.21 bits per heavy atom. The lowest BCUT2D eigenvalue weighted by molar-refractivity contribution is -0.137. The van der Waals surface area contributed by atoms with Crippen molar-refractivity contribution < 1.29 is 41.0 Å². The summed E-state index contributed by atoms with van der Waals surface area (Å²) in [4.78, 5) is 10.6. The number of aliphatic hydroxyl groups excluding tert-OH is 1. The molecule has 3 aromatic carbocycles. The van der Waals surface area contributed by atoms with Crippen LogP contribution < -0.4 is 5.32 Å². The topological polar surface area (TPSA) is 107 Å². The first-order valence-corrected chi connectivity index (χ1v) is 15.1. The minimum Gasteiger partial charge on any atom is -0.478 e. The molecule has 1 atom stereocenters. The third kappa shape index (κ3) is 7.99. The summed E-state index contributed by atoms with van der Waals surface area (Å²) in [6.45, 7) is 3.63. The van der Waals surface area contributed by atoms with E-state index in [0.717, 1.165) is 48.8 Å². The minimum absolute atomic E-state index is 0.0433. The zero-order valence-electron chi connectivity index (χ0n) is 24.0. The maximum absolute atomic E-state index is 14.1. The zero-order valence-corrected chi connectivity index (χ0v) is 24.8. The molecule has 0 fully saturated rings. The van der Waals surface area contributed by atoms with Crippen LogP contribution in [0.5, 0.6) is 0 Å². The van der Waals surface area contributed by atoms with Gasteiger partial charge in [0.05, 0.1) is 22.1 Å². The average Bonchev–Trinajstić information content (AvgIpc) is 3.32. The third-order valence-corrected chi connectivity index (χ3v) is 9.44. The van der Waals surface area contributed by atoms with Crippen molar-refractivity contribution in [2.45, 2.75) is 55.8 Å². The average molecular weight is 623 g/mol. The standard InChI is InChI=1S/C31H34F4N2O5S/c1-30(2,16-19-8-20-6-4-5-7-21(20)9-19)36-17-27(38)18-37(3)43(41,42)28-14-23(11-25(15-28)31(33,34)35)22-10-24(29(39)40)13-26(32)12-22/h4-7,10-15,19,27,36,38H,8-9,16-18H2,1-3H3,(H,39,40). The highest BCUT2D eigenvalue weighted by atomic mass is 32.2. The number of fused-ring (bicyclic) bond motifs is 1. The maximum atomic E-state index is 14.1. The van der Waals surface area contributed by atoms with Crippen LogP contribution in [0, 0.1) is 11.7 Å². The van der Waals surface area contributed by atoms with Gasteiger partial charge in [-0.1, -0.05) is 24.3 Å². The van der Waals surface area contributed by atoms with Gasteiger partial charge in [0.1, 0.15) is 5.82 Å². The lowest BCUT2D eigenvalue weighted by Gasteiger charge is -2.31. The van der Waals surface area contributed by atoms with Crippen molar-refractivity contribution in [1.29, 1.82) is 0 Å². The van der Waals surface area contributed by atoms with Gasteiger partial charge in [0.15, 0.2) is 0 Å². The Hall–Kier alpha value is -3.32. The van der Waals surface area contributed by atoms with E-state index in [1.807, 2.05) is 26.0 Å². The SMILES string of the molecule is CN(CC(O)CNC(C)(C)CC1Cc2ccccc2C1)S(=O)(=O)c1cc(-c2cc(F)cc(C(=O)O)c2)cc(C(F)(F)F)c1. The van der Waals surface area contributed by atoms with E-state index in [2.05, 4.69) is 17.4 Å². The van der Waals surface area contributed by atoms with Gasteiger partial charge in [0, 0.05) is 25.7 Å². The lowest BCUT2D eigenvalue weighted by atomic mass is 9.88. The van der Waals surface area contributed by atoms with Crippen LogP contribution in [0.25, 0.3) is 11.1 Å². The van der Waals surface area contributed by atoms with E-state index in [0.29, 0.717) is 24.1 Å². The van der Waals surface area contributed by atoms with E-state index < -0.39 is 56.7 Å². The molecule has 0 aromatic heterocycles. The molecule has 3 N–H and O–H groups in total. The predicted molar refractivity (Wildman–Crippen MR) is 154 cm³/mol. The van der Waals surface area contributed by atoms with Gasteiger partial charge >= 0.3 is 12.1 Å². The molecule has 7 nitrogen and oxygen atoms in total. The van der Waals surface area contributed by atoms with Crippen LogP contribution in [0.3, 0.4) is 0 Å². The van der Waals surface area contributed by atoms with Crippen LogP contribution in [0.4, 0.5) is 17.6 Å². The summed E-state index contributed by atoms with van der Waals surface area (Å²) in [5, 5.41) is 23.2. The Kier molecular flexibility index (Phi) is 9.36. The number of likely N-dealkylation sites (N-methyl/N-ethyl adjacent to an activating group) is 1.